The zero-order valence-corrected chi connectivity index (χ0v) is 16.8. The van der Waals surface area contributed by atoms with Crippen molar-refractivity contribution in [3.8, 4) is 0 Å². The van der Waals surface area contributed by atoms with Gasteiger partial charge >= 0.3 is 0 Å². The largest absolute Gasteiger partial charge is 0.378 e. The molecule has 1 aliphatic heterocycles. The predicted molar refractivity (Wildman–Crippen MR) is 109 cm³/mol. The van der Waals surface area contributed by atoms with Gasteiger partial charge in [-0.05, 0) is 12.2 Å². The molecule has 0 spiro atoms. The second kappa shape index (κ2) is 17.5. The Morgan fingerprint density at radius 1 is 0.893 bits per heavy atom. The first-order valence-electron chi connectivity index (χ1n) is 9.75. The molecule has 0 radical (unpaired) electrons. The summed E-state index contributed by atoms with van der Waals surface area (Å²) in [6.45, 7) is 14.9. The summed E-state index contributed by atoms with van der Waals surface area (Å²) in [5, 5.41) is 6.06. The first kappa shape index (κ1) is 24.5. The van der Waals surface area contributed by atoms with E-state index < -0.39 is 0 Å². The van der Waals surface area contributed by atoms with Crippen molar-refractivity contribution in [3.63, 3.8) is 0 Å². The topological polar surface area (TPSA) is 81.3 Å². The van der Waals surface area contributed by atoms with Crippen LogP contribution in [0.15, 0.2) is 37.1 Å². The average molecular weight is 398 g/mol. The highest BCUT2D eigenvalue weighted by Gasteiger charge is 2.11. The van der Waals surface area contributed by atoms with Crippen LogP contribution in [0.5, 0.6) is 0 Å². The fourth-order valence-electron chi connectivity index (χ4n) is 2.41. The summed E-state index contributed by atoms with van der Waals surface area (Å²) < 4.78 is 22.2. The lowest BCUT2D eigenvalue weighted by molar-refractivity contribution is -0.121. The number of carbonyl (C=O) groups is 1. The summed E-state index contributed by atoms with van der Waals surface area (Å²) >= 11 is 0. The van der Waals surface area contributed by atoms with E-state index in [1.54, 1.807) is 18.2 Å². The highest BCUT2D eigenvalue weighted by Crippen LogP contribution is 1.95. The van der Waals surface area contributed by atoms with Gasteiger partial charge in [-0.1, -0.05) is 19.2 Å². The van der Waals surface area contributed by atoms with Gasteiger partial charge in [-0.25, -0.2) is 0 Å². The first-order valence-corrected chi connectivity index (χ1v) is 9.75. The molecular formula is C20H35N3O5. The molecule has 1 rings (SSSR count). The molecule has 0 saturated carbocycles. The maximum Gasteiger partial charge on any atom is 0.238 e. The van der Waals surface area contributed by atoms with E-state index in [2.05, 4.69) is 23.8 Å². The molecule has 1 heterocycles. The van der Waals surface area contributed by atoms with Crippen molar-refractivity contribution < 1.29 is 23.7 Å². The number of hydrogen-bond acceptors (Lipinski definition) is 7. The van der Waals surface area contributed by atoms with Gasteiger partial charge in [-0.3, -0.25) is 9.69 Å². The standard InChI is InChI=1S/C20H35N3O5/c1-3-5-19(4-2)22-20(24)18-23-8-12-27-16-14-25-10-6-21-7-11-26-15-17-28-13-9-23/h3-5,21H,1-2,6-18H2,(H,22,24)/b19-5+. The van der Waals surface area contributed by atoms with Crippen molar-refractivity contribution in [1.82, 2.24) is 15.5 Å². The highest BCUT2D eigenvalue weighted by atomic mass is 16.5. The van der Waals surface area contributed by atoms with Crippen molar-refractivity contribution in [2.75, 3.05) is 85.6 Å². The van der Waals surface area contributed by atoms with Crippen molar-refractivity contribution in [2.45, 2.75) is 0 Å². The number of rotatable bonds is 5. The van der Waals surface area contributed by atoms with E-state index in [0.29, 0.717) is 71.6 Å². The molecule has 0 aromatic carbocycles. The Kier molecular flexibility index (Phi) is 15.3. The summed E-state index contributed by atoms with van der Waals surface area (Å²) in [5.41, 5.74) is 0.623. The molecule has 0 aliphatic carbocycles. The zero-order chi connectivity index (χ0) is 20.3. The van der Waals surface area contributed by atoms with Gasteiger partial charge in [0.05, 0.1) is 59.4 Å². The van der Waals surface area contributed by atoms with Gasteiger partial charge in [0, 0.05) is 31.9 Å². The molecule has 28 heavy (non-hydrogen) atoms. The number of ether oxygens (including phenoxy) is 4. The van der Waals surface area contributed by atoms with Crippen molar-refractivity contribution in [1.29, 1.82) is 0 Å². The minimum Gasteiger partial charge on any atom is -0.378 e. The molecule has 2 N–H and O–H groups in total. The number of allylic oxidation sites excluding steroid dienone is 3. The molecule has 1 aliphatic rings. The summed E-state index contributed by atoms with van der Waals surface area (Å²) in [6, 6.07) is 0. The number of nitrogens with zero attached hydrogens (tertiary/aromatic N) is 1. The molecule has 1 fully saturated rings. The van der Waals surface area contributed by atoms with E-state index in [4.69, 9.17) is 18.9 Å². The molecule has 8 heteroatoms. The Bertz CT molecular complexity index is 453. The SMILES string of the molecule is C=C/C=C(\C=C)NC(=O)CN1CCOCCOCCNCCOCCOCC1. The lowest BCUT2D eigenvalue weighted by Gasteiger charge is -2.22. The molecule has 0 atom stereocenters. The average Bonchev–Trinajstić information content (AvgIpc) is 2.69. The second-order valence-corrected chi connectivity index (χ2v) is 6.09. The van der Waals surface area contributed by atoms with Crippen LogP contribution >= 0.6 is 0 Å². The Morgan fingerprint density at radius 2 is 1.43 bits per heavy atom. The summed E-state index contributed by atoms with van der Waals surface area (Å²) in [7, 11) is 0. The van der Waals surface area contributed by atoms with Crippen LogP contribution in [-0.4, -0.2) is 96.4 Å². The fourth-order valence-corrected chi connectivity index (χ4v) is 2.41. The predicted octanol–water partition coefficient (Wildman–Crippen LogP) is 0.330. The van der Waals surface area contributed by atoms with Crippen molar-refractivity contribution in [3.05, 3.63) is 37.1 Å². The zero-order valence-electron chi connectivity index (χ0n) is 16.8. The van der Waals surface area contributed by atoms with Crippen LogP contribution in [0.2, 0.25) is 0 Å². The summed E-state index contributed by atoms with van der Waals surface area (Å²) in [4.78, 5) is 14.3. The number of carbonyl (C=O) groups excluding carboxylic acids is 1. The molecule has 1 saturated heterocycles. The third-order valence-corrected chi connectivity index (χ3v) is 3.86. The van der Waals surface area contributed by atoms with Gasteiger partial charge in [-0.2, -0.15) is 0 Å². The molecule has 0 unspecified atom stereocenters. The van der Waals surface area contributed by atoms with Crippen molar-refractivity contribution in [2.24, 2.45) is 0 Å². The van der Waals surface area contributed by atoms with Gasteiger partial charge in [0.1, 0.15) is 0 Å². The van der Waals surface area contributed by atoms with Crippen LogP contribution in [0.25, 0.3) is 0 Å². The number of amides is 1. The smallest absolute Gasteiger partial charge is 0.238 e. The van der Waals surface area contributed by atoms with Crippen LogP contribution in [0.3, 0.4) is 0 Å². The quantitative estimate of drug-likeness (QED) is 0.647. The monoisotopic (exact) mass is 397 g/mol. The minimum atomic E-state index is -0.116. The van der Waals surface area contributed by atoms with E-state index in [0.717, 1.165) is 13.1 Å². The maximum absolute atomic E-state index is 12.3. The van der Waals surface area contributed by atoms with Crippen LogP contribution in [0, 0.1) is 0 Å². The molecule has 0 bridgehead atoms. The first-order chi connectivity index (χ1) is 13.8. The lowest BCUT2D eigenvalue weighted by atomic mass is 10.3. The third kappa shape index (κ3) is 13.6. The van der Waals surface area contributed by atoms with E-state index in [9.17, 15) is 4.79 Å². The molecular weight excluding hydrogens is 362 g/mol. The number of nitrogens with one attached hydrogen (secondary N) is 2. The highest BCUT2D eigenvalue weighted by molar-refractivity contribution is 5.80. The molecule has 1 amide bonds. The van der Waals surface area contributed by atoms with Crippen LogP contribution in [0.4, 0.5) is 0 Å². The van der Waals surface area contributed by atoms with E-state index >= 15 is 0 Å². The molecule has 0 aromatic heterocycles. The number of hydrogen-bond donors (Lipinski definition) is 2. The Hall–Kier alpha value is -1.55. The Balaban J connectivity index is 2.44. The van der Waals surface area contributed by atoms with E-state index in [1.165, 1.54) is 0 Å². The minimum absolute atomic E-state index is 0.116. The molecule has 160 valence electrons. The third-order valence-electron chi connectivity index (χ3n) is 3.86. The second-order valence-electron chi connectivity index (χ2n) is 6.09. The Labute approximate surface area is 168 Å². The molecule has 8 nitrogen and oxygen atoms in total. The van der Waals surface area contributed by atoms with E-state index in [-0.39, 0.29) is 12.5 Å². The normalized spacial score (nSPS) is 20.5. The van der Waals surface area contributed by atoms with Gasteiger partial charge in [0.2, 0.25) is 5.91 Å². The van der Waals surface area contributed by atoms with E-state index in [1.807, 2.05) is 4.90 Å². The van der Waals surface area contributed by atoms with Crippen LogP contribution < -0.4 is 10.6 Å². The fraction of sp³-hybridized carbons (Fsp3) is 0.650. The van der Waals surface area contributed by atoms with Gasteiger partial charge in [0.25, 0.3) is 0 Å². The maximum atomic E-state index is 12.3. The van der Waals surface area contributed by atoms with Gasteiger partial charge in [-0.15, -0.1) is 0 Å². The van der Waals surface area contributed by atoms with Crippen LogP contribution in [-0.2, 0) is 23.7 Å². The Morgan fingerprint density at radius 3 is 1.93 bits per heavy atom. The van der Waals surface area contributed by atoms with Crippen molar-refractivity contribution >= 4 is 5.91 Å². The molecule has 0 aromatic rings. The summed E-state index contributed by atoms with van der Waals surface area (Å²) in [6.07, 6.45) is 4.89. The van der Waals surface area contributed by atoms with Crippen LogP contribution in [0.1, 0.15) is 0 Å². The lowest BCUT2D eigenvalue weighted by Crippen LogP contribution is -2.40. The van der Waals surface area contributed by atoms with Gasteiger partial charge in [0.15, 0.2) is 0 Å². The van der Waals surface area contributed by atoms with Gasteiger partial charge < -0.3 is 29.6 Å². The summed E-state index contributed by atoms with van der Waals surface area (Å²) in [5.74, 6) is -0.116.